The van der Waals surface area contributed by atoms with Gasteiger partial charge in [-0.2, -0.15) is 5.10 Å². The molecule has 24 heavy (non-hydrogen) atoms. The van der Waals surface area contributed by atoms with Crippen LogP contribution in [-0.4, -0.2) is 65.5 Å². The summed E-state index contributed by atoms with van der Waals surface area (Å²) >= 11 is 1.60. The van der Waals surface area contributed by atoms with Gasteiger partial charge in [0.1, 0.15) is 5.69 Å². The molecule has 1 saturated heterocycles. The van der Waals surface area contributed by atoms with E-state index in [2.05, 4.69) is 15.0 Å². The van der Waals surface area contributed by atoms with E-state index in [1.54, 1.807) is 29.5 Å². The first-order valence-corrected chi connectivity index (χ1v) is 8.58. The quantitative estimate of drug-likeness (QED) is 0.773. The number of piperazine rings is 1. The first kappa shape index (κ1) is 16.6. The van der Waals surface area contributed by atoms with Crippen molar-refractivity contribution >= 4 is 22.4 Å². The molecule has 0 bridgehead atoms. The lowest BCUT2D eigenvalue weighted by atomic mass is 10.2. The Labute approximate surface area is 143 Å². The van der Waals surface area contributed by atoms with Crippen LogP contribution in [0.2, 0.25) is 0 Å². The molecule has 9 heteroatoms. The minimum Gasteiger partial charge on any atom is -0.383 e. The van der Waals surface area contributed by atoms with Crippen LogP contribution in [0.5, 0.6) is 0 Å². The highest BCUT2D eigenvalue weighted by atomic mass is 32.1. The fourth-order valence-corrected chi connectivity index (χ4v) is 3.23. The van der Waals surface area contributed by atoms with E-state index in [0.29, 0.717) is 26.2 Å². The molecule has 0 atom stereocenters. The first-order chi connectivity index (χ1) is 11.7. The number of carbonyl (C=O) groups is 1. The number of ether oxygens (including phenoxy) is 1. The molecule has 1 fully saturated rings. The predicted molar refractivity (Wildman–Crippen MR) is 90.6 cm³/mol. The summed E-state index contributed by atoms with van der Waals surface area (Å²) in [6.45, 7) is 3.39. The molecule has 2 aromatic heterocycles. The van der Waals surface area contributed by atoms with Crippen molar-refractivity contribution in [2.24, 2.45) is 0 Å². The molecule has 2 aromatic rings. The highest BCUT2D eigenvalue weighted by Crippen LogP contribution is 2.19. The molecule has 0 aliphatic carbocycles. The Balaban J connectivity index is 1.66. The zero-order valence-corrected chi connectivity index (χ0v) is 14.2. The van der Waals surface area contributed by atoms with E-state index in [1.165, 1.54) is 16.8 Å². The number of methoxy groups -OCH3 is 1. The Morgan fingerprint density at radius 1 is 1.29 bits per heavy atom. The molecule has 0 unspecified atom stereocenters. The van der Waals surface area contributed by atoms with Gasteiger partial charge in [-0.15, -0.1) is 11.3 Å². The molecular weight excluding hydrogens is 330 g/mol. The number of amides is 1. The fraction of sp³-hybridized carbons (Fsp3) is 0.467. The van der Waals surface area contributed by atoms with Gasteiger partial charge in [0.15, 0.2) is 5.13 Å². The molecule has 1 aliphatic rings. The van der Waals surface area contributed by atoms with Crippen molar-refractivity contribution in [3.05, 3.63) is 39.8 Å². The van der Waals surface area contributed by atoms with Crippen LogP contribution in [0.4, 0.5) is 5.13 Å². The van der Waals surface area contributed by atoms with Gasteiger partial charge in [0.2, 0.25) is 0 Å². The van der Waals surface area contributed by atoms with E-state index in [-0.39, 0.29) is 17.2 Å². The van der Waals surface area contributed by atoms with E-state index in [4.69, 9.17) is 4.74 Å². The largest absolute Gasteiger partial charge is 0.383 e. The molecule has 0 N–H and O–H groups in total. The molecule has 0 spiro atoms. The summed E-state index contributed by atoms with van der Waals surface area (Å²) in [5, 5.41) is 7.09. The van der Waals surface area contributed by atoms with Gasteiger partial charge in [0, 0.05) is 50.9 Å². The lowest BCUT2D eigenvalue weighted by Crippen LogP contribution is -2.49. The number of thiazole rings is 1. The molecule has 1 aliphatic heterocycles. The van der Waals surface area contributed by atoms with Gasteiger partial charge in [-0.25, -0.2) is 9.67 Å². The van der Waals surface area contributed by atoms with Crippen LogP contribution in [0.1, 0.15) is 10.5 Å². The van der Waals surface area contributed by atoms with Crippen LogP contribution in [0, 0.1) is 0 Å². The second-order valence-corrected chi connectivity index (χ2v) is 6.24. The van der Waals surface area contributed by atoms with Gasteiger partial charge in [-0.3, -0.25) is 9.59 Å². The first-order valence-electron chi connectivity index (χ1n) is 7.70. The van der Waals surface area contributed by atoms with E-state index in [1.807, 2.05) is 5.38 Å². The highest BCUT2D eigenvalue weighted by molar-refractivity contribution is 7.13. The molecule has 8 nitrogen and oxygen atoms in total. The molecule has 128 valence electrons. The maximum Gasteiger partial charge on any atom is 0.274 e. The van der Waals surface area contributed by atoms with Gasteiger partial charge >= 0.3 is 0 Å². The Kier molecular flexibility index (Phi) is 5.21. The minimum atomic E-state index is -0.239. The van der Waals surface area contributed by atoms with E-state index in [9.17, 15) is 9.59 Å². The van der Waals surface area contributed by atoms with Gasteiger partial charge in [0.25, 0.3) is 11.5 Å². The Morgan fingerprint density at radius 3 is 2.75 bits per heavy atom. The van der Waals surface area contributed by atoms with Crippen molar-refractivity contribution in [1.29, 1.82) is 0 Å². The van der Waals surface area contributed by atoms with Gasteiger partial charge < -0.3 is 14.5 Å². The smallest absolute Gasteiger partial charge is 0.274 e. The van der Waals surface area contributed by atoms with E-state index >= 15 is 0 Å². The van der Waals surface area contributed by atoms with Crippen LogP contribution >= 0.6 is 11.3 Å². The van der Waals surface area contributed by atoms with E-state index < -0.39 is 0 Å². The lowest BCUT2D eigenvalue weighted by molar-refractivity contribution is 0.0737. The van der Waals surface area contributed by atoms with Crippen LogP contribution in [0.25, 0.3) is 0 Å². The third-order valence-electron chi connectivity index (χ3n) is 3.85. The molecule has 0 aromatic carbocycles. The third kappa shape index (κ3) is 3.62. The molecule has 0 radical (unpaired) electrons. The SMILES string of the molecule is COCCn1nc(C(=O)N2CCN(c3nccs3)CC2)ccc1=O. The summed E-state index contributed by atoms with van der Waals surface area (Å²) in [5.74, 6) is -0.153. The number of hydrogen-bond donors (Lipinski definition) is 0. The van der Waals surface area contributed by atoms with Crippen molar-refractivity contribution in [2.75, 3.05) is 44.8 Å². The van der Waals surface area contributed by atoms with Crippen LogP contribution < -0.4 is 10.5 Å². The number of hydrogen-bond acceptors (Lipinski definition) is 7. The summed E-state index contributed by atoms with van der Waals surface area (Å²) in [6, 6.07) is 2.86. The van der Waals surface area contributed by atoms with Crippen LogP contribution in [0.3, 0.4) is 0 Å². The number of rotatable bonds is 5. The Hall–Kier alpha value is -2.26. The maximum absolute atomic E-state index is 12.6. The Morgan fingerprint density at radius 2 is 2.08 bits per heavy atom. The minimum absolute atomic E-state index is 0.153. The Bertz CT molecular complexity index is 738. The predicted octanol–water partition coefficient (Wildman–Crippen LogP) is 0.309. The second-order valence-electron chi connectivity index (χ2n) is 5.37. The normalized spacial score (nSPS) is 14.9. The zero-order chi connectivity index (χ0) is 16.9. The number of nitrogens with zero attached hydrogens (tertiary/aromatic N) is 5. The number of anilines is 1. The topological polar surface area (TPSA) is 80.6 Å². The molecule has 1 amide bonds. The third-order valence-corrected chi connectivity index (χ3v) is 4.68. The van der Waals surface area contributed by atoms with Crippen molar-refractivity contribution in [2.45, 2.75) is 6.54 Å². The molecular formula is C15H19N5O3S. The van der Waals surface area contributed by atoms with Crippen molar-refractivity contribution in [3.63, 3.8) is 0 Å². The zero-order valence-electron chi connectivity index (χ0n) is 13.4. The summed E-state index contributed by atoms with van der Waals surface area (Å²) in [5.41, 5.74) is 0.0468. The standard InChI is InChI=1S/C15H19N5O3S/c1-23-10-9-20-13(21)3-2-12(17-20)14(22)18-5-7-19(8-6-18)15-16-4-11-24-15/h2-4,11H,5-10H2,1H3. The van der Waals surface area contributed by atoms with Gasteiger partial charge in [0.05, 0.1) is 13.2 Å². The highest BCUT2D eigenvalue weighted by Gasteiger charge is 2.24. The van der Waals surface area contributed by atoms with Crippen molar-refractivity contribution < 1.29 is 9.53 Å². The molecule has 0 saturated carbocycles. The average Bonchev–Trinajstić information content (AvgIpc) is 3.15. The number of aromatic nitrogens is 3. The molecule has 3 rings (SSSR count). The maximum atomic E-state index is 12.6. The van der Waals surface area contributed by atoms with Gasteiger partial charge in [-0.1, -0.05) is 0 Å². The summed E-state index contributed by atoms with van der Waals surface area (Å²) in [7, 11) is 1.56. The average molecular weight is 349 g/mol. The van der Waals surface area contributed by atoms with E-state index in [0.717, 1.165) is 18.2 Å². The van der Waals surface area contributed by atoms with Gasteiger partial charge in [-0.05, 0) is 6.07 Å². The van der Waals surface area contributed by atoms with Crippen LogP contribution in [0.15, 0.2) is 28.5 Å². The lowest BCUT2D eigenvalue weighted by Gasteiger charge is -2.34. The number of carbonyl (C=O) groups excluding carboxylic acids is 1. The summed E-state index contributed by atoms with van der Waals surface area (Å²) < 4.78 is 6.23. The molecule has 3 heterocycles. The van der Waals surface area contributed by atoms with Crippen molar-refractivity contribution in [3.8, 4) is 0 Å². The monoisotopic (exact) mass is 349 g/mol. The fourth-order valence-electron chi connectivity index (χ4n) is 2.54. The second kappa shape index (κ2) is 7.54. The van der Waals surface area contributed by atoms with Crippen LogP contribution in [-0.2, 0) is 11.3 Å². The van der Waals surface area contributed by atoms with Crippen molar-refractivity contribution in [1.82, 2.24) is 19.7 Å². The summed E-state index contributed by atoms with van der Waals surface area (Å²) in [4.78, 5) is 32.6. The summed E-state index contributed by atoms with van der Waals surface area (Å²) in [6.07, 6.45) is 1.78.